The first kappa shape index (κ1) is 14.5. The number of amides is 2. The number of hydrogen-bond donors (Lipinski definition) is 2. The first-order chi connectivity index (χ1) is 9.41. The molecule has 5 heteroatoms. The van der Waals surface area contributed by atoms with Crippen molar-refractivity contribution in [3.8, 4) is 0 Å². The molecule has 0 bridgehead atoms. The molecule has 1 heterocycles. The second-order valence-corrected chi connectivity index (χ2v) is 5.63. The minimum Gasteiger partial charge on any atom is -0.368 e. The number of nitrogens with two attached hydrogens (primary N) is 2. The quantitative estimate of drug-likeness (QED) is 0.837. The van der Waals surface area contributed by atoms with Crippen LogP contribution in [0.2, 0.25) is 0 Å². The third-order valence-corrected chi connectivity index (χ3v) is 3.86. The van der Waals surface area contributed by atoms with E-state index >= 15 is 0 Å². The van der Waals surface area contributed by atoms with E-state index in [4.69, 9.17) is 11.5 Å². The molecule has 2 atom stereocenters. The molecular formula is C15H21N3O2. The van der Waals surface area contributed by atoms with Crippen molar-refractivity contribution < 1.29 is 9.59 Å². The molecule has 1 aliphatic heterocycles. The van der Waals surface area contributed by atoms with Crippen molar-refractivity contribution in [2.75, 3.05) is 0 Å². The van der Waals surface area contributed by atoms with E-state index in [2.05, 4.69) is 0 Å². The fourth-order valence-corrected chi connectivity index (χ4v) is 2.49. The number of fused-ring (bicyclic) bond motifs is 1. The SMILES string of the molecule is CC(C)C(N)C(=O)N1Cc2ccccc2C[C@H]1C(N)=O. The Morgan fingerprint density at radius 3 is 2.40 bits per heavy atom. The van der Waals surface area contributed by atoms with Crippen molar-refractivity contribution >= 4 is 11.8 Å². The average molecular weight is 275 g/mol. The van der Waals surface area contributed by atoms with Crippen molar-refractivity contribution in [1.82, 2.24) is 4.90 Å². The molecule has 0 aromatic heterocycles. The van der Waals surface area contributed by atoms with Gasteiger partial charge < -0.3 is 16.4 Å². The second kappa shape index (κ2) is 5.63. The maximum Gasteiger partial charge on any atom is 0.240 e. The molecule has 2 rings (SSSR count). The van der Waals surface area contributed by atoms with Crippen LogP contribution in [0.3, 0.4) is 0 Å². The summed E-state index contributed by atoms with van der Waals surface area (Å²) < 4.78 is 0. The molecule has 2 amide bonds. The number of primary amides is 1. The highest BCUT2D eigenvalue weighted by atomic mass is 16.2. The van der Waals surface area contributed by atoms with Gasteiger partial charge in [-0.3, -0.25) is 9.59 Å². The highest BCUT2D eigenvalue weighted by Crippen LogP contribution is 2.24. The van der Waals surface area contributed by atoms with Crippen molar-refractivity contribution in [1.29, 1.82) is 0 Å². The van der Waals surface area contributed by atoms with E-state index in [9.17, 15) is 9.59 Å². The first-order valence-corrected chi connectivity index (χ1v) is 6.84. The normalized spacial score (nSPS) is 19.6. The Morgan fingerprint density at radius 1 is 1.25 bits per heavy atom. The van der Waals surface area contributed by atoms with Gasteiger partial charge in [-0.05, 0) is 17.0 Å². The van der Waals surface area contributed by atoms with Gasteiger partial charge in [0.15, 0.2) is 0 Å². The molecule has 0 radical (unpaired) electrons. The Hall–Kier alpha value is -1.88. The summed E-state index contributed by atoms with van der Waals surface area (Å²) in [6.07, 6.45) is 0.460. The molecule has 1 unspecified atom stereocenters. The highest BCUT2D eigenvalue weighted by Gasteiger charge is 2.35. The topological polar surface area (TPSA) is 89.4 Å². The lowest BCUT2D eigenvalue weighted by Crippen LogP contribution is -2.56. The van der Waals surface area contributed by atoms with Crippen LogP contribution in [0.15, 0.2) is 24.3 Å². The summed E-state index contributed by atoms with van der Waals surface area (Å²) in [5.41, 5.74) is 13.5. The Balaban J connectivity index is 2.31. The van der Waals surface area contributed by atoms with E-state index in [0.717, 1.165) is 11.1 Å². The van der Waals surface area contributed by atoms with Gasteiger partial charge in [-0.2, -0.15) is 0 Å². The molecule has 1 aromatic carbocycles. The largest absolute Gasteiger partial charge is 0.368 e. The van der Waals surface area contributed by atoms with Crippen molar-refractivity contribution in [2.24, 2.45) is 17.4 Å². The van der Waals surface area contributed by atoms with Crippen LogP contribution in [0.25, 0.3) is 0 Å². The Morgan fingerprint density at radius 2 is 1.85 bits per heavy atom. The molecule has 0 fully saturated rings. The van der Waals surface area contributed by atoms with Crippen LogP contribution in [0, 0.1) is 5.92 Å². The van der Waals surface area contributed by atoms with Crippen LogP contribution >= 0.6 is 0 Å². The molecule has 108 valence electrons. The number of carbonyl (C=O) groups is 2. The fourth-order valence-electron chi connectivity index (χ4n) is 2.49. The van der Waals surface area contributed by atoms with Crippen LogP contribution in [-0.2, 0) is 22.6 Å². The Labute approximate surface area is 118 Å². The Bertz CT molecular complexity index is 528. The third kappa shape index (κ3) is 2.67. The minimum atomic E-state index is -0.609. The standard InChI is InChI=1S/C15H21N3O2/c1-9(2)13(16)15(20)18-8-11-6-4-3-5-10(11)7-12(18)14(17)19/h3-6,9,12-13H,7-8,16H2,1-2H3,(H2,17,19)/t12-,13?/m0/s1. The molecule has 5 nitrogen and oxygen atoms in total. The van der Waals surface area contributed by atoms with Gasteiger partial charge in [0.1, 0.15) is 6.04 Å². The van der Waals surface area contributed by atoms with Crippen LogP contribution in [-0.4, -0.2) is 28.8 Å². The highest BCUT2D eigenvalue weighted by molar-refractivity contribution is 5.89. The first-order valence-electron chi connectivity index (χ1n) is 6.84. The summed E-state index contributed by atoms with van der Waals surface area (Å²) in [6.45, 7) is 4.17. The Kier molecular flexibility index (Phi) is 4.09. The van der Waals surface area contributed by atoms with Gasteiger partial charge in [-0.15, -0.1) is 0 Å². The van der Waals surface area contributed by atoms with E-state index in [1.54, 1.807) is 0 Å². The summed E-state index contributed by atoms with van der Waals surface area (Å²) in [5.74, 6) is -0.671. The van der Waals surface area contributed by atoms with E-state index in [-0.39, 0.29) is 11.8 Å². The van der Waals surface area contributed by atoms with Gasteiger partial charge in [0.25, 0.3) is 0 Å². The van der Waals surface area contributed by atoms with E-state index in [0.29, 0.717) is 13.0 Å². The molecule has 1 aliphatic rings. The van der Waals surface area contributed by atoms with Crippen LogP contribution < -0.4 is 11.5 Å². The smallest absolute Gasteiger partial charge is 0.240 e. The van der Waals surface area contributed by atoms with E-state index in [1.165, 1.54) is 4.90 Å². The van der Waals surface area contributed by atoms with Gasteiger partial charge in [0, 0.05) is 13.0 Å². The lowest BCUT2D eigenvalue weighted by atomic mass is 9.92. The summed E-state index contributed by atoms with van der Waals surface area (Å²) in [6, 6.07) is 6.57. The predicted octanol–water partition coefficient (Wildman–Crippen LogP) is 0.408. The van der Waals surface area contributed by atoms with Gasteiger partial charge in [-0.25, -0.2) is 0 Å². The number of rotatable bonds is 3. The number of benzene rings is 1. The van der Waals surface area contributed by atoms with E-state index < -0.39 is 18.0 Å². The van der Waals surface area contributed by atoms with Crippen LogP contribution in [0.1, 0.15) is 25.0 Å². The molecule has 20 heavy (non-hydrogen) atoms. The molecular weight excluding hydrogens is 254 g/mol. The predicted molar refractivity (Wildman–Crippen MR) is 76.5 cm³/mol. The maximum absolute atomic E-state index is 12.5. The number of carbonyl (C=O) groups excluding carboxylic acids is 2. The van der Waals surface area contributed by atoms with Crippen LogP contribution in [0.5, 0.6) is 0 Å². The average Bonchev–Trinajstić information content (AvgIpc) is 2.44. The monoisotopic (exact) mass is 275 g/mol. The second-order valence-electron chi connectivity index (χ2n) is 5.63. The van der Waals surface area contributed by atoms with Crippen molar-refractivity contribution in [3.63, 3.8) is 0 Å². The zero-order chi connectivity index (χ0) is 14.9. The summed E-state index contributed by atoms with van der Waals surface area (Å²) in [7, 11) is 0. The fraction of sp³-hybridized carbons (Fsp3) is 0.467. The van der Waals surface area contributed by atoms with Crippen molar-refractivity contribution in [2.45, 2.75) is 38.9 Å². The summed E-state index contributed by atoms with van der Waals surface area (Å²) in [4.78, 5) is 25.6. The van der Waals surface area contributed by atoms with Gasteiger partial charge in [0.05, 0.1) is 6.04 Å². The van der Waals surface area contributed by atoms with Crippen molar-refractivity contribution in [3.05, 3.63) is 35.4 Å². The molecule has 0 aliphatic carbocycles. The molecule has 1 aromatic rings. The van der Waals surface area contributed by atoms with Crippen LogP contribution in [0.4, 0.5) is 0 Å². The lowest BCUT2D eigenvalue weighted by Gasteiger charge is -2.37. The molecule has 0 saturated carbocycles. The van der Waals surface area contributed by atoms with Gasteiger partial charge in [0.2, 0.25) is 11.8 Å². The molecule has 0 spiro atoms. The van der Waals surface area contributed by atoms with Gasteiger partial charge in [-0.1, -0.05) is 38.1 Å². The zero-order valence-corrected chi connectivity index (χ0v) is 11.9. The third-order valence-electron chi connectivity index (χ3n) is 3.86. The zero-order valence-electron chi connectivity index (χ0n) is 11.9. The number of hydrogen-bond acceptors (Lipinski definition) is 3. The summed E-state index contributed by atoms with van der Waals surface area (Å²) in [5, 5.41) is 0. The molecule has 0 saturated heterocycles. The van der Waals surface area contributed by atoms with E-state index in [1.807, 2.05) is 38.1 Å². The lowest BCUT2D eigenvalue weighted by molar-refractivity contribution is -0.142. The molecule has 4 N–H and O–H groups in total. The number of nitrogens with zero attached hydrogens (tertiary/aromatic N) is 1. The minimum absolute atomic E-state index is 0.0215. The van der Waals surface area contributed by atoms with Gasteiger partial charge >= 0.3 is 0 Å². The maximum atomic E-state index is 12.5. The summed E-state index contributed by atoms with van der Waals surface area (Å²) >= 11 is 0.